The first kappa shape index (κ1) is 7.35. The Morgan fingerprint density at radius 2 is 2.50 bits per heavy atom. The molecule has 0 saturated heterocycles. The fourth-order valence-corrected chi connectivity index (χ4v) is 1.17. The summed E-state index contributed by atoms with van der Waals surface area (Å²) in [5, 5.41) is 8.39. The van der Waals surface area contributed by atoms with Crippen LogP contribution in [0.4, 0.5) is 0 Å². The Morgan fingerprint density at radius 1 is 1.67 bits per heavy atom. The van der Waals surface area contributed by atoms with Gasteiger partial charge < -0.3 is 4.42 Å². The van der Waals surface area contributed by atoms with E-state index in [1.165, 1.54) is 12.8 Å². The zero-order chi connectivity index (χ0) is 8.39. The molecule has 1 heterocycles. The van der Waals surface area contributed by atoms with E-state index < -0.39 is 0 Å². The van der Waals surface area contributed by atoms with Gasteiger partial charge in [0.2, 0.25) is 0 Å². The minimum atomic E-state index is 0.331. The van der Waals surface area contributed by atoms with Gasteiger partial charge in [0, 0.05) is 6.42 Å². The monoisotopic (exact) mass is 162 g/mol. The maximum Gasteiger partial charge on any atom is 0.194 e. The predicted octanol–water partition coefficient (Wildman–Crippen LogP) is 1.69. The number of oxazole rings is 1. The molecule has 12 heavy (non-hydrogen) atoms. The summed E-state index contributed by atoms with van der Waals surface area (Å²) in [6, 6.07) is 2.03. The third-order valence-corrected chi connectivity index (χ3v) is 2.01. The van der Waals surface area contributed by atoms with E-state index in [1.807, 2.05) is 6.07 Å². The van der Waals surface area contributed by atoms with Gasteiger partial charge in [-0.15, -0.1) is 0 Å². The molecule has 0 radical (unpaired) electrons. The molecule has 0 unspecified atom stereocenters. The lowest BCUT2D eigenvalue weighted by atomic mass is 10.3. The second kappa shape index (κ2) is 2.98. The molecule has 62 valence electrons. The van der Waals surface area contributed by atoms with Gasteiger partial charge in [0.05, 0.1) is 18.7 Å². The molecule has 1 saturated carbocycles. The second-order valence-corrected chi connectivity index (χ2v) is 3.20. The molecule has 0 amide bonds. The van der Waals surface area contributed by atoms with Crippen LogP contribution in [-0.2, 0) is 12.8 Å². The van der Waals surface area contributed by atoms with Crippen LogP contribution in [0.2, 0.25) is 0 Å². The lowest BCUT2D eigenvalue weighted by Gasteiger charge is -1.88. The summed E-state index contributed by atoms with van der Waals surface area (Å²) < 4.78 is 5.34. The van der Waals surface area contributed by atoms with Crippen LogP contribution in [0.15, 0.2) is 10.6 Å². The fraction of sp³-hybridized carbons (Fsp3) is 0.556. The molecule has 0 aliphatic heterocycles. The average molecular weight is 162 g/mol. The van der Waals surface area contributed by atoms with Crippen molar-refractivity contribution in [2.45, 2.75) is 25.7 Å². The lowest BCUT2D eigenvalue weighted by molar-refractivity contribution is 0.454. The van der Waals surface area contributed by atoms with Crippen LogP contribution < -0.4 is 0 Å². The highest BCUT2D eigenvalue weighted by Gasteiger charge is 2.23. The Labute approximate surface area is 71.0 Å². The summed E-state index contributed by atoms with van der Waals surface area (Å²) in [6.07, 6.45) is 5.54. The highest BCUT2D eigenvalue weighted by molar-refractivity contribution is 5.01. The molecular weight excluding hydrogens is 152 g/mol. The minimum Gasteiger partial charge on any atom is -0.445 e. The molecule has 1 aromatic rings. The van der Waals surface area contributed by atoms with Crippen LogP contribution in [-0.4, -0.2) is 4.98 Å². The molecule has 1 aliphatic carbocycles. The van der Waals surface area contributed by atoms with Gasteiger partial charge in [0.15, 0.2) is 5.89 Å². The highest BCUT2D eigenvalue weighted by Crippen LogP contribution is 2.32. The molecule has 0 N–H and O–H groups in total. The second-order valence-electron chi connectivity index (χ2n) is 3.20. The zero-order valence-electron chi connectivity index (χ0n) is 6.79. The largest absolute Gasteiger partial charge is 0.445 e. The first-order valence-electron chi connectivity index (χ1n) is 4.19. The van der Waals surface area contributed by atoms with Gasteiger partial charge in [-0.2, -0.15) is 5.26 Å². The standard InChI is InChI=1S/C9H10N2O/c10-4-3-8-6-11-9(12-8)5-7-1-2-7/h6-7H,1-3,5H2. The average Bonchev–Trinajstić information content (AvgIpc) is 2.74. The Balaban J connectivity index is 1.98. The molecule has 1 fully saturated rings. The van der Waals surface area contributed by atoms with Crippen LogP contribution in [0.25, 0.3) is 0 Å². The molecule has 0 aromatic carbocycles. The van der Waals surface area contributed by atoms with Crippen LogP contribution in [0.5, 0.6) is 0 Å². The third-order valence-electron chi connectivity index (χ3n) is 2.01. The van der Waals surface area contributed by atoms with Crippen molar-refractivity contribution in [3.8, 4) is 6.07 Å². The van der Waals surface area contributed by atoms with Gasteiger partial charge in [-0.1, -0.05) is 0 Å². The Hall–Kier alpha value is -1.30. The molecule has 3 heteroatoms. The Kier molecular flexibility index (Phi) is 1.83. The molecule has 0 bridgehead atoms. The summed E-state index contributed by atoms with van der Waals surface area (Å²) in [5.74, 6) is 2.27. The molecule has 1 aliphatic rings. The van der Waals surface area contributed by atoms with Gasteiger partial charge in [0.1, 0.15) is 5.76 Å². The summed E-state index contributed by atoms with van der Waals surface area (Å²) in [4.78, 5) is 4.10. The van der Waals surface area contributed by atoms with E-state index in [2.05, 4.69) is 4.98 Å². The van der Waals surface area contributed by atoms with Crippen molar-refractivity contribution in [1.82, 2.24) is 4.98 Å². The van der Waals surface area contributed by atoms with Gasteiger partial charge in [0.25, 0.3) is 0 Å². The first-order chi connectivity index (χ1) is 5.88. The number of nitrogens with zero attached hydrogens (tertiary/aromatic N) is 2. The summed E-state index contributed by atoms with van der Waals surface area (Å²) in [7, 11) is 0. The number of hydrogen-bond acceptors (Lipinski definition) is 3. The fourth-order valence-electron chi connectivity index (χ4n) is 1.17. The molecule has 0 spiro atoms. The van der Waals surface area contributed by atoms with E-state index in [-0.39, 0.29) is 0 Å². The summed E-state index contributed by atoms with van der Waals surface area (Å²) in [6.45, 7) is 0. The number of nitriles is 1. The Morgan fingerprint density at radius 3 is 3.17 bits per heavy atom. The van der Waals surface area contributed by atoms with Gasteiger partial charge >= 0.3 is 0 Å². The quantitative estimate of drug-likeness (QED) is 0.679. The number of hydrogen-bond donors (Lipinski definition) is 0. The van der Waals surface area contributed by atoms with Crippen molar-refractivity contribution in [1.29, 1.82) is 5.26 Å². The van der Waals surface area contributed by atoms with Crippen molar-refractivity contribution < 1.29 is 4.42 Å². The van der Waals surface area contributed by atoms with E-state index >= 15 is 0 Å². The van der Waals surface area contributed by atoms with E-state index in [0.717, 1.165) is 18.2 Å². The zero-order valence-corrected chi connectivity index (χ0v) is 6.79. The van der Waals surface area contributed by atoms with Crippen molar-refractivity contribution >= 4 is 0 Å². The van der Waals surface area contributed by atoms with Gasteiger partial charge in [-0.3, -0.25) is 0 Å². The van der Waals surface area contributed by atoms with Crippen molar-refractivity contribution in [2.24, 2.45) is 5.92 Å². The maximum atomic E-state index is 8.39. The lowest BCUT2D eigenvalue weighted by Crippen LogP contribution is -1.84. The number of rotatable bonds is 3. The smallest absolute Gasteiger partial charge is 0.194 e. The molecular formula is C9H10N2O. The predicted molar refractivity (Wildman–Crippen MR) is 42.2 cm³/mol. The van der Waals surface area contributed by atoms with Gasteiger partial charge in [-0.05, 0) is 18.8 Å². The van der Waals surface area contributed by atoms with Crippen LogP contribution in [0.3, 0.4) is 0 Å². The number of aromatic nitrogens is 1. The summed E-state index contributed by atoms with van der Waals surface area (Å²) in [5.41, 5.74) is 0. The minimum absolute atomic E-state index is 0.331. The molecule has 3 nitrogen and oxygen atoms in total. The van der Waals surface area contributed by atoms with Crippen LogP contribution in [0, 0.1) is 17.2 Å². The van der Waals surface area contributed by atoms with E-state index in [4.69, 9.17) is 9.68 Å². The Bertz CT molecular complexity index is 307. The molecule has 0 atom stereocenters. The van der Waals surface area contributed by atoms with Crippen molar-refractivity contribution in [3.63, 3.8) is 0 Å². The topological polar surface area (TPSA) is 49.8 Å². The van der Waals surface area contributed by atoms with E-state index in [9.17, 15) is 0 Å². The molecule has 1 aromatic heterocycles. The normalized spacial score (nSPS) is 15.9. The van der Waals surface area contributed by atoms with Crippen molar-refractivity contribution in [2.75, 3.05) is 0 Å². The van der Waals surface area contributed by atoms with Crippen LogP contribution in [0.1, 0.15) is 24.5 Å². The van der Waals surface area contributed by atoms with E-state index in [1.54, 1.807) is 6.20 Å². The van der Waals surface area contributed by atoms with Gasteiger partial charge in [-0.25, -0.2) is 4.98 Å². The summed E-state index contributed by atoms with van der Waals surface area (Å²) >= 11 is 0. The SMILES string of the molecule is N#CCc1cnc(CC2CC2)o1. The molecule has 2 rings (SSSR count). The maximum absolute atomic E-state index is 8.39. The first-order valence-corrected chi connectivity index (χ1v) is 4.19. The van der Waals surface area contributed by atoms with E-state index in [0.29, 0.717) is 12.2 Å². The third kappa shape index (κ3) is 1.65. The van der Waals surface area contributed by atoms with Crippen LogP contribution >= 0.6 is 0 Å². The van der Waals surface area contributed by atoms with Crippen molar-refractivity contribution in [3.05, 3.63) is 17.8 Å². The highest BCUT2D eigenvalue weighted by atomic mass is 16.4.